The van der Waals surface area contributed by atoms with E-state index in [0.717, 1.165) is 18.7 Å². The molecule has 2 rings (SSSR count). The Bertz CT molecular complexity index is 386. The molecular formula is C15H23NO2. The second kappa shape index (κ2) is 6.10. The van der Waals surface area contributed by atoms with Crippen molar-refractivity contribution in [1.82, 2.24) is 4.90 Å². The molecule has 0 aromatic heterocycles. The number of ether oxygens (including phenoxy) is 1. The van der Waals surface area contributed by atoms with Crippen molar-refractivity contribution in [3.05, 3.63) is 23.8 Å². The molecule has 0 saturated heterocycles. The van der Waals surface area contributed by atoms with E-state index in [1.807, 2.05) is 12.1 Å². The van der Waals surface area contributed by atoms with E-state index in [1.54, 1.807) is 13.2 Å². The summed E-state index contributed by atoms with van der Waals surface area (Å²) in [7, 11) is 1.59. The molecule has 3 heteroatoms. The number of benzene rings is 1. The lowest BCUT2D eigenvalue weighted by molar-refractivity contribution is 0.197. The molecule has 1 fully saturated rings. The van der Waals surface area contributed by atoms with E-state index in [9.17, 15) is 5.11 Å². The number of nitrogens with zero attached hydrogens (tertiary/aromatic N) is 1. The summed E-state index contributed by atoms with van der Waals surface area (Å²) >= 11 is 0. The second-order valence-electron chi connectivity index (χ2n) is 4.97. The van der Waals surface area contributed by atoms with Crippen LogP contribution in [-0.4, -0.2) is 29.7 Å². The lowest BCUT2D eigenvalue weighted by Crippen LogP contribution is -2.32. The van der Waals surface area contributed by atoms with E-state index in [1.165, 1.54) is 25.7 Å². The average Bonchev–Trinajstić information content (AvgIpc) is 2.91. The first-order valence-electron chi connectivity index (χ1n) is 6.85. The topological polar surface area (TPSA) is 32.7 Å². The highest BCUT2D eigenvalue weighted by Gasteiger charge is 2.22. The van der Waals surface area contributed by atoms with Crippen molar-refractivity contribution in [3.8, 4) is 11.5 Å². The first-order chi connectivity index (χ1) is 8.76. The lowest BCUT2D eigenvalue weighted by atomic mass is 10.1. The fraction of sp³-hybridized carbons (Fsp3) is 0.600. The van der Waals surface area contributed by atoms with Gasteiger partial charge in [0.05, 0.1) is 7.11 Å². The van der Waals surface area contributed by atoms with Gasteiger partial charge in [0.15, 0.2) is 11.5 Å². The van der Waals surface area contributed by atoms with Gasteiger partial charge in [-0.15, -0.1) is 0 Å². The Hall–Kier alpha value is -1.22. The summed E-state index contributed by atoms with van der Waals surface area (Å²) in [6.07, 6.45) is 5.26. The van der Waals surface area contributed by atoms with Crippen LogP contribution >= 0.6 is 0 Å². The highest BCUT2D eigenvalue weighted by atomic mass is 16.5. The molecule has 100 valence electrons. The van der Waals surface area contributed by atoms with Crippen molar-refractivity contribution >= 4 is 0 Å². The van der Waals surface area contributed by atoms with Gasteiger partial charge in [-0.25, -0.2) is 0 Å². The molecule has 1 aliphatic rings. The molecule has 18 heavy (non-hydrogen) atoms. The van der Waals surface area contributed by atoms with Crippen LogP contribution in [0.2, 0.25) is 0 Å². The number of phenols is 1. The summed E-state index contributed by atoms with van der Waals surface area (Å²) in [5, 5.41) is 10.1. The lowest BCUT2D eigenvalue weighted by Gasteiger charge is -2.27. The van der Waals surface area contributed by atoms with E-state index in [4.69, 9.17) is 4.74 Å². The number of phenolic OH excluding ortho intramolecular Hbond substituents is 1. The molecule has 1 saturated carbocycles. The van der Waals surface area contributed by atoms with Crippen molar-refractivity contribution in [2.45, 2.75) is 45.2 Å². The van der Waals surface area contributed by atoms with Crippen molar-refractivity contribution in [1.29, 1.82) is 0 Å². The Labute approximate surface area is 109 Å². The molecule has 0 atom stereocenters. The largest absolute Gasteiger partial charge is 0.504 e. The normalized spacial score (nSPS) is 16.4. The SMILES string of the molecule is CCN(Cc1cccc(OC)c1O)C1CCCC1. The first kappa shape index (κ1) is 13.2. The van der Waals surface area contributed by atoms with Gasteiger partial charge < -0.3 is 9.84 Å². The molecule has 0 aliphatic heterocycles. The number of hydrogen-bond donors (Lipinski definition) is 1. The summed E-state index contributed by atoms with van der Waals surface area (Å²) in [6, 6.07) is 6.40. The van der Waals surface area contributed by atoms with Gasteiger partial charge in [0.1, 0.15) is 0 Å². The van der Waals surface area contributed by atoms with Gasteiger partial charge in [0.2, 0.25) is 0 Å². The van der Waals surface area contributed by atoms with Gasteiger partial charge in [0.25, 0.3) is 0 Å². The molecule has 0 radical (unpaired) electrons. The van der Waals surface area contributed by atoms with E-state index in [2.05, 4.69) is 11.8 Å². The number of rotatable bonds is 5. The average molecular weight is 249 g/mol. The maximum Gasteiger partial charge on any atom is 0.162 e. The van der Waals surface area contributed by atoms with E-state index in [-0.39, 0.29) is 5.75 Å². The predicted octanol–water partition coefficient (Wildman–Crippen LogP) is 3.17. The van der Waals surface area contributed by atoms with Crippen LogP contribution in [0.15, 0.2) is 18.2 Å². The molecule has 1 N–H and O–H groups in total. The Morgan fingerprint density at radius 3 is 2.67 bits per heavy atom. The summed E-state index contributed by atoms with van der Waals surface area (Å²) in [5.41, 5.74) is 0.961. The fourth-order valence-electron chi connectivity index (χ4n) is 2.85. The zero-order chi connectivity index (χ0) is 13.0. The van der Waals surface area contributed by atoms with Gasteiger partial charge in [-0.2, -0.15) is 0 Å². The number of para-hydroxylation sites is 1. The van der Waals surface area contributed by atoms with Gasteiger partial charge >= 0.3 is 0 Å². The Morgan fingerprint density at radius 2 is 2.06 bits per heavy atom. The highest BCUT2D eigenvalue weighted by Crippen LogP contribution is 2.32. The predicted molar refractivity (Wildman–Crippen MR) is 73.0 cm³/mol. The van der Waals surface area contributed by atoms with Gasteiger partial charge in [-0.05, 0) is 25.5 Å². The maximum atomic E-state index is 10.1. The minimum absolute atomic E-state index is 0.288. The standard InChI is InChI=1S/C15H23NO2/c1-3-16(13-8-4-5-9-13)11-12-7-6-10-14(18-2)15(12)17/h6-7,10,13,17H,3-5,8-9,11H2,1-2H3. The van der Waals surface area contributed by atoms with E-state index >= 15 is 0 Å². The van der Waals surface area contributed by atoms with Crippen molar-refractivity contribution in [3.63, 3.8) is 0 Å². The number of hydrogen-bond acceptors (Lipinski definition) is 3. The molecule has 1 aromatic carbocycles. The monoisotopic (exact) mass is 249 g/mol. The van der Waals surface area contributed by atoms with Crippen molar-refractivity contribution in [2.75, 3.05) is 13.7 Å². The zero-order valence-electron chi connectivity index (χ0n) is 11.4. The van der Waals surface area contributed by atoms with Crippen LogP contribution in [-0.2, 0) is 6.54 Å². The van der Waals surface area contributed by atoms with E-state index < -0.39 is 0 Å². The molecule has 0 unspecified atom stereocenters. The molecule has 0 heterocycles. The molecule has 0 bridgehead atoms. The quantitative estimate of drug-likeness (QED) is 0.870. The molecule has 3 nitrogen and oxygen atoms in total. The number of methoxy groups -OCH3 is 1. The van der Waals surface area contributed by atoms with Crippen LogP contribution in [0.1, 0.15) is 38.2 Å². The third-order valence-electron chi connectivity index (χ3n) is 3.92. The van der Waals surface area contributed by atoms with Crippen molar-refractivity contribution in [2.24, 2.45) is 0 Å². The number of aromatic hydroxyl groups is 1. The minimum Gasteiger partial charge on any atom is -0.504 e. The maximum absolute atomic E-state index is 10.1. The molecular weight excluding hydrogens is 226 g/mol. The summed E-state index contributed by atoms with van der Waals surface area (Å²) in [4.78, 5) is 2.46. The van der Waals surface area contributed by atoms with Crippen LogP contribution in [0.25, 0.3) is 0 Å². The van der Waals surface area contributed by atoms with Crippen LogP contribution in [0.3, 0.4) is 0 Å². The van der Waals surface area contributed by atoms with Crippen LogP contribution in [0.5, 0.6) is 11.5 Å². The Balaban J connectivity index is 2.11. The van der Waals surface area contributed by atoms with Crippen LogP contribution in [0.4, 0.5) is 0 Å². The summed E-state index contributed by atoms with van der Waals surface area (Å²) in [5.74, 6) is 0.853. The highest BCUT2D eigenvalue weighted by molar-refractivity contribution is 5.45. The smallest absolute Gasteiger partial charge is 0.162 e. The summed E-state index contributed by atoms with van der Waals surface area (Å²) < 4.78 is 5.16. The fourth-order valence-corrected chi connectivity index (χ4v) is 2.85. The zero-order valence-corrected chi connectivity index (χ0v) is 11.4. The van der Waals surface area contributed by atoms with Gasteiger partial charge in [-0.1, -0.05) is 31.9 Å². The van der Waals surface area contributed by atoms with Crippen LogP contribution < -0.4 is 4.74 Å². The van der Waals surface area contributed by atoms with Crippen LogP contribution in [0, 0.1) is 0 Å². The second-order valence-corrected chi connectivity index (χ2v) is 4.97. The van der Waals surface area contributed by atoms with Crippen molar-refractivity contribution < 1.29 is 9.84 Å². The third-order valence-corrected chi connectivity index (χ3v) is 3.92. The first-order valence-corrected chi connectivity index (χ1v) is 6.85. The third kappa shape index (κ3) is 2.78. The Kier molecular flexibility index (Phi) is 4.48. The van der Waals surface area contributed by atoms with Gasteiger partial charge in [-0.3, -0.25) is 4.90 Å². The molecule has 1 aromatic rings. The molecule has 0 spiro atoms. The van der Waals surface area contributed by atoms with Gasteiger partial charge in [0, 0.05) is 18.2 Å². The Morgan fingerprint density at radius 1 is 1.33 bits per heavy atom. The molecule has 1 aliphatic carbocycles. The minimum atomic E-state index is 0.288. The van der Waals surface area contributed by atoms with E-state index in [0.29, 0.717) is 11.8 Å². The molecule has 0 amide bonds. The summed E-state index contributed by atoms with van der Waals surface area (Å²) in [6.45, 7) is 4.03.